The monoisotopic (exact) mass is 189 g/mol. The highest BCUT2D eigenvalue weighted by atomic mass is 16.1. The van der Waals surface area contributed by atoms with E-state index >= 15 is 0 Å². The molecule has 1 aromatic carbocycles. The lowest BCUT2D eigenvalue weighted by molar-refractivity contribution is -0.117. The second-order valence-electron chi connectivity index (χ2n) is 3.93. The molecule has 0 aromatic heterocycles. The minimum absolute atomic E-state index is 0.279. The first-order valence-electron chi connectivity index (χ1n) is 5.04. The van der Waals surface area contributed by atoms with Crippen LogP contribution >= 0.6 is 0 Å². The maximum Gasteiger partial charge on any atom is 0.131 e. The molecule has 1 aliphatic rings. The molecule has 74 valence electrons. The second kappa shape index (κ2) is 3.93. The van der Waals surface area contributed by atoms with Gasteiger partial charge in [-0.2, -0.15) is 0 Å². The van der Waals surface area contributed by atoms with Crippen LogP contribution in [0.4, 0.5) is 0 Å². The van der Waals surface area contributed by atoms with Crippen LogP contribution in [-0.2, 0) is 17.9 Å². The van der Waals surface area contributed by atoms with Crippen molar-refractivity contribution in [3.63, 3.8) is 0 Å². The summed E-state index contributed by atoms with van der Waals surface area (Å²) in [5.74, 6) is 0.279. The Kier molecular flexibility index (Phi) is 2.64. The molecule has 2 nitrogen and oxygen atoms in total. The van der Waals surface area contributed by atoms with E-state index in [1.165, 1.54) is 11.1 Å². The molecule has 0 atom stereocenters. The summed E-state index contributed by atoms with van der Waals surface area (Å²) in [7, 11) is 0. The SMILES string of the molecule is CC(=O)CCN1Cc2ccccc2C1. The van der Waals surface area contributed by atoms with Gasteiger partial charge >= 0.3 is 0 Å². The van der Waals surface area contributed by atoms with Crippen LogP contribution in [0.25, 0.3) is 0 Å². The van der Waals surface area contributed by atoms with Crippen LogP contribution in [0, 0.1) is 0 Å². The van der Waals surface area contributed by atoms with Gasteiger partial charge in [-0.25, -0.2) is 0 Å². The highest BCUT2D eigenvalue weighted by molar-refractivity contribution is 5.75. The minimum Gasteiger partial charge on any atom is -0.300 e. The van der Waals surface area contributed by atoms with E-state index in [0.29, 0.717) is 6.42 Å². The van der Waals surface area contributed by atoms with Gasteiger partial charge in [-0.15, -0.1) is 0 Å². The number of carbonyl (C=O) groups is 1. The summed E-state index contributed by atoms with van der Waals surface area (Å²) >= 11 is 0. The number of hydrogen-bond acceptors (Lipinski definition) is 2. The molecule has 0 aliphatic carbocycles. The molecule has 14 heavy (non-hydrogen) atoms. The molecule has 0 radical (unpaired) electrons. The fourth-order valence-corrected chi connectivity index (χ4v) is 1.88. The van der Waals surface area contributed by atoms with E-state index in [1.54, 1.807) is 6.92 Å². The number of benzene rings is 1. The van der Waals surface area contributed by atoms with Gasteiger partial charge in [0.1, 0.15) is 5.78 Å². The Bertz CT molecular complexity index is 321. The Morgan fingerprint density at radius 1 is 1.29 bits per heavy atom. The standard InChI is InChI=1S/C12H15NO/c1-10(14)6-7-13-8-11-4-2-3-5-12(11)9-13/h2-5H,6-9H2,1H3. The highest BCUT2D eigenvalue weighted by Crippen LogP contribution is 2.21. The largest absolute Gasteiger partial charge is 0.300 e. The molecular formula is C12H15NO. The molecule has 0 saturated carbocycles. The van der Waals surface area contributed by atoms with Gasteiger partial charge in [0.05, 0.1) is 0 Å². The van der Waals surface area contributed by atoms with E-state index in [4.69, 9.17) is 0 Å². The van der Waals surface area contributed by atoms with Crippen molar-refractivity contribution in [2.24, 2.45) is 0 Å². The first kappa shape index (κ1) is 9.41. The zero-order chi connectivity index (χ0) is 9.97. The molecule has 2 heteroatoms. The van der Waals surface area contributed by atoms with Crippen LogP contribution in [0.15, 0.2) is 24.3 Å². The first-order chi connectivity index (χ1) is 6.75. The third kappa shape index (κ3) is 2.02. The second-order valence-corrected chi connectivity index (χ2v) is 3.93. The fourth-order valence-electron chi connectivity index (χ4n) is 1.88. The summed E-state index contributed by atoms with van der Waals surface area (Å²) < 4.78 is 0. The zero-order valence-electron chi connectivity index (χ0n) is 8.49. The van der Waals surface area contributed by atoms with Gasteiger partial charge in [0.2, 0.25) is 0 Å². The molecule has 0 saturated heterocycles. The van der Waals surface area contributed by atoms with Crippen LogP contribution in [0.5, 0.6) is 0 Å². The van der Waals surface area contributed by atoms with Gasteiger partial charge in [0.15, 0.2) is 0 Å². The Labute approximate surface area is 84.5 Å². The van der Waals surface area contributed by atoms with E-state index in [-0.39, 0.29) is 5.78 Å². The van der Waals surface area contributed by atoms with Crippen LogP contribution in [0.3, 0.4) is 0 Å². The molecule has 1 aromatic rings. The maximum absolute atomic E-state index is 10.8. The van der Waals surface area contributed by atoms with Gasteiger partial charge in [-0.3, -0.25) is 9.69 Å². The molecule has 1 aliphatic heterocycles. The number of Topliss-reactive ketones (excluding diaryl/α,β-unsaturated/α-hetero) is 1. The molecular weight excluding hydrogens is 174 g/mol. The van der Waals surface area contributed by atoms with E-state index in [1.807, 2.05) is 0 Å². The van der Waals surface area contributed by atoms with Crippen molar-refractivity contribution in [1.82, 2.24) is 4.90 Å². The molecule has 0 N–H and O–H groups in total. The van der Waals surface area contributed by atoms with Crippen molar-refractivity contribution in [2.75, 3.05) is 6.54 Å². The summed E-state index contributed by atoms with van der Waals surface area (Å²) in [6.45, 7) is 4.56. The predicted molar refractivity (Wildman–Crippen MR) is 55.9 cm³/mol. The maximum atomic E-state index is 10.8. The topological polar surface area (TPSA) is 20.3 Å². The summed E-state index contributed by atoms with van der Waals surface area (Å²) in [6.07, 6.45) is 0.675. The van der Waals surface area contributed by atoms with Crippen LogP contribution in [0.2, 0.25) is 0 Å². The van der Waals surface area contributed by atoms with Crippen molar-refractivity contribution < 1.29 is 4.79 Å². The fraction of sp³-hybridized carbons (Fsp3) is 0.417. The molecule has 0 spiro atoms. The van der Waals surface area contributed by atoms with Crippen molar-refractivity contribution in [1.29, 1.82) is 0 Å². The Balaban J connectivity index is 1.95. The normalized spacial score (nSPS) is 15.5. The van der Waals surface area contributed by atoms with E-state index in [0.717, 1.165) is 19.6 Å². The Morgan fingerprint density at radius 2 is 1.86 bits per heavy atom. The average molecular weight is 189 g/mol. The summed E-state index contributed by atoms with van der Waals surface area (Å²) in [5, 5.41) is 0. The first-order valence-corrected chi connectivity index (χ1v) is 5.04. The van der Waals surface area contributed by atoms with Crippen LogP contribution in [-0.4, -0.2) is 17.2 Å². The van der Waals surface area contributed by atoms with Gasteiger partial charge in [0.25, 0.3) is 0 Å². The van der Waals surface area contributed by atoms with Gasteiger partial charge < -0.3 is 0 Å². The van der Waals surface area contributed by atoms with Crippen molar-refractivity contribution in [3.05, 3.63) is 35.4 Å². The number of ketones is 1. The number of rotatable bonds is 3. The number of hydrogen-bond donors (Lipinski definition) is 0. The van der Waals surface area contributed by atoms with Gasteiger partial charge in [-0.05, 0) is 18.1 Å². The predicted octanol–water partition coefficient (Wildman–Crippen LogP) is 1.98. The van der Waals surface area contributed by atoms with Gasteiger partial charge in [0, 0.05) is 26.1 Å². The number of nitrogens with zero attached hydrogens (tertiary/aromatic N) is 1. The van der Waals surface area contributed by atoms with E-state index < -0.39 is 0 Å². The quantitative estimate of drug-likeness (QED) is 0.724. The lowest BCUT2D eigenvalue weighted by Gasteiger charge is -2.12. The van der Waals surface area contributed by atoms with Crippen molar-refractivity contribution >= 4 is 5.78 Å². The number of carbonyl (C=O) groups excluding carboxylic acids is 1. The summed E-state index contributed by atoms with van der Waals surface area (Å²) in [6, 6.07) is 8.49. The average Bonchev–Trinajstić information content (AvgIpc) is 2.57. The van der Waals surface area contributed by atoms with E-state index in [2.05, 4.69) is 29.2 Å². The lowest BCUT2D eigenvalue weighted by atomic mass is 10.1. The highest BCUT2D eigenvalue weighted by Gasteiger charge is 2.17. The Hall–Kier alpha value is -1.15. The summed E-state index contributed by atoms with van der Waals surface area (Å²) in [4.78, 5) is 13.2. The number of fused-ring (bicyclic) bond motifs is 1. The van der Waals surface area contributed by atoms with Gasteiger partial charge in [-0.1, -0.05) is 24.3 Å². The zero-order valence-corrected chi connectivity index (χ0v) is 8.49. The smallest absolute Gasteiger partial charge is 0.131 e. The summed E-state index contributed by atoms with van der Waals surface area (Å²) in [5.41, 5.74) is 2.83. The molecule has 0 bridgehead atoms. The Morgan fingerprint density at radius 3 is 2.36 bits per heavy atom. The van der Waals surface area contributed by atoms with Crippen LogP contribution in [0.1, 0.15) is 24.5 Å². The van der Waals surface area contributed by atoms with Crippen LogP contribution < -0.4 is 0 Å². The van der Waals surface area contributed by atoms with E-state index in [9.17, 15) is 4.79 Å². The third-order valence-electron chi connectivity index (χ3n) is 2.69. The van der Waals surface area contributed by atoms with Crippen molar-refractivity contribution in [2.45, 2.75) is 26.4 Å². The third-order valence-corrected chi connectivity index (χ3v) is 2.69. The van der Waals surface area contributed by atoms with Crippen molar-refractivity contribution in [3.8, 4) is 0 Å². The lowest BCUT2D eigenvalue weighted by Crippen LogP contribution is -2.19. The minimum atomic E-state index is 0.279. The molecule has 1 heterocycles. The molecule has 2 rings (SSSR count). The molecule has 0 unspecified atom stereocenters. The molecule has 0 fully saturated rings. The molecule has 0 amide bonds.